The molecular weight excluding hydrogens is 338 g/mol. The van der Waals surface area contributed by atoms with E-state index in [-0.39, 0.29) is 12.5 Å². The molecule has 0 fully saturated rings. The Morgan fingerprint density at radius 3 is 2.85 bits per heavy atom. The van der Waals surface area contributed by atoms with E-state index < -0.39 is 5.97 Å². The van der Waals surface area contributed by atoms with E-state index >= 15 is 0 Å². The Labute approximate surface area is 130 Å². The quantitative estimate of drug-likeness (QED) is 0.820. The third-order valence-corrected chi connectivity index (χ3v) is 4.89. The van der Waals surface area contributed by atoms with Crippen LogP contribution in [0, 0.1) is 6.92 Å². The lowest BCUT2D eigenvalue weighted by Gasteiger charge is -2.16. The zero-order valence-corrected chi connectivity index (χ0v) is 13.5. The van der Waals surface area contributed by atoms with Crippen molar-refractivity contribution in [1.29, 1.82) is 0 Å². The van der Waals surface area contributed by atoms with Crippen molar-refractivity contribution in [3.63, 3.8) is 0 Å². The zero-order chi connectivity index (χ0) is 14.5. The van der Waals surface area contributed by atoms with Crippen molar-refractivity contribution in [2.45, 2.75) is 25.9 Å². The number of benzene rings is 1. The second kappa shape index (κ2) is 7.02. The van der Waals surface area contributed by atoms with Crippen molar-refractivity contribution in [2.24, 2.45) is 0 Å². The minimum atomic E-state index is -0.791. The van der Waals surface area contributed by atoms with E-state index in [1.165, 1.54) is 5.56 Å². The molecule has 5 heteroatoms. The molecule has 1 aromatic carbocycles. The number of nitrogens with one attached hydrogen (secondary N) is 1. The van der Waals surface area contributed by atoms with Gasteiger partial charge in [-0.3, -0.25) is 4.79 Å². The lowest BCUT2D eigenvalue weighted by molar-refractivity contribution is -0.137. The average Bonchev–Trinajstić information content (AvgIpc) is 2.92. The number of thiophene rings is 1. The zero-order valence-electron chi connectivity index (χ0n) is 11.1. The number of aliphatic carboxylic acids is 1. The van der Waals surface area contributed by atoms with Crippen LogP contribution in [0.15, 0.2) is 40.2 Å². The molecular formula is C15H16BrNO2S. The third kappa shape index (κ3) is 4.16. The smallest absolute Gasteiger partial charge is 0.305 e. The van der Waals surface area contributed by atoms with Gasteiger partial charge in [0.25, 0.3) is 0 Å². The molecule has 106 valence electrons. The minimum Gasteiger partial charge on any atom is -0.481 e. The van der Waals surface area contributed by atoms with Crippen LogP contribution >= 0.6 is 27.3 Å². The van der Waals surface area contributed by atoms with Gasteiger partial charge in [0.15, 0.2) is 0 Å². The molecule has 0 saturated heterocycles. The fourth-order valence-corrected chi connectivity index (χ4v) is 3.15. The molecule has 0 aliphatic carbocycles. The summed E-state index contributed by atoms with van der Waals surface area (Å²) < 4.78 is 1.07. The summed E-state index contributed by atoms with van der Waals surface area (Å²) in [6.07, 6.45) is 0.0908. The molecule has 1 unspecified atom stereocenters. The molecule has 1 heterocycles. The summed E-state index contributed by atoms with van der Waals surface area (Å²) in [5, 5.41) is 14.3. The summed E-state index contributed by atoms with van der Waals surface area (Å²) in [7, 11) is 0. The number of carboxylic acid groups (broad SMARTS) is 1. The molecule has 2 N–H and O–H groups in total. The normalized spacial score (nSPS) is 12.3. The number of carboxylic acids is 1. The topological polar surface area (TPSA) is 49.3 Å². The van der Waals surface area contributed by atoms with E-state index in [0.29, 0.717) is 6.54 Å². The molecule has 0 bridgehead atoms. The van der Waals surface area contributed by atoms with Crippen LogP contribution in [0.5, 0.6) is 0 Å². The van der Waals surface area contributed by atoms with Gasteiger partial charge in [0.1, 0.15) is 0 Å². The minimum absolute atomic E-state index is 0.0908. The average molecular weight is 354 g/mol. The SMILES string of the molecule is Cc1ccc(CNC(CC(=O)O)c2cccs2)cc1Br. The number of rotatable bonds is 6. The molecule has 0 spiro atoms. The number of carbonyl (C=O) groups is 1. The highest BCUT2D eigenvalue weighted by atomic mass is 79.9. The first kappa shape index (κ1) is 15.2. The van der Waals surface area contributed by atoms with Gasteiger partial charge < -0.3 is 10.4 Å². The standard InChI is InChI=1S/C15H16BrNO2S/c1-10-4-5-11(7-12(10)16)9-17-13(8-15(18)19)14-3-2-6-20-14/h2-7,13,17H,8-9H2,1H3,(H,18,19). The Morgan fingerprint density at radius 2 is 2.25 bits per heavy atom. The summed E-state index contributed by atoms with van der Waals surface area (Å²) >= 11 is 5.09. The summed E-state index contributed by atoms with van der Waals surface area (Å²) in [5.41, 5.74) is 2.32. The van der Waals surface area contributed by atoms with Crippen molar-refractivity contribution < 1.29 is 9.90 Å². The number of halogens is 1. The molecule has 0 radical (unpaired) electrons. The first-order valence-electron chi connectivity index (χ1n) is 6.30. The van der Waals surface area contributed by atoms with Crippen LogP contribution in [0.2, 0.25) is 0 Å². The fraction of sp³-hybridized carbons (Fsp3) is 0.267. The Bertz CT molecular complexity index is 584. The summed E-state index contributed by atoms with van der Waals surface area (Å²) in [6, 6.07) is 9.94. The Balaban J connectivity index is 2.04. The van der Waals surface area contributed by atoms with Crippen LogP contribution < -0.4 is 5.32 Å². The lowest BCUT2D eigenvalue weighted by Crippen LogP contribution is -2.22. The van der Waals surface area contributed by atoms with Gasteiger partial charge in [0, 0.05) is 15.9 Å². The van der Waals surface area contributed by atoms with Gasteiger partial charge in [0.2, 0.25) is 0 Å². The van der Waals surface area contributed by atoms with Crippen molar-refractivity contribution in [3.05, 3.63) is 56.2 Å². The molecule has 2 rings (SSSR count). The van der Waals surface area contributed by atoms with Gasteiger partial charge in [-0.05, 0) is 35.6 Å². The molecule has 1 atom stereocenters. The maximum Gasteiger partial charge on any atom is 0.305 e. The van der Waals surface area contributed by atoms with Gasteiger partial charge in [-0.15, -0.1) is 11.3 Å². The van der Waals surface area contributed by atoms with Gasteiger partial charge in [-0.25, -0.2) is 0 Å². The largest absolute Gasteiger partial charge is 0.481 e. The molecule has 0 saturated carbocycles. The Kier molecular flexibility index (Phi) is 5.34. The van der Waals surface area contributed by atoms with E-state index in [1.54, 1.807) is 11.3 Å². The first-order valence-corrected chi connectivity index (χ1v) is 7.97. The van der Waals surface area contributed by atoms with Gasteiger partial charge in [-0.2, -0.15) is 0 Å². The molecule has 0 aliphatic rings. The highest BCUT2D eigenvalue weighted by molar-refractivity contribution is 9.10. The molecule has 1 aromatic heterocycles. The molecule has 2 aromatic rings. The lowest BCUT2D eigenvalue weighted by atomic mass is 10.1. The first-order chi connectivity index (χ1) is 9.56. The Hall–Kier alpha value is -1.17. The number of aryl methyl sites for hydroxylation is 1. The van der Waals surface area contributed by atoms with Crippen molar-refractivity contribution >= 4 is 33.2 Å². The van der Waals surface area contributed by atoms with Crippen LogP contribution in [-0.4, -0.2) is 11.1 Å². The second-order valence-corrected chi connectivity index (χ2v) is 6.46. The molecule has 20 heavy (non-hydrogen) atoms. The van der Waals surface area contributed by atoms with Gasteiger partial charge >= 0.3 is 5.97 Å². The maximum atomic E-state index is 11.0. The predicted molar refractivity (Wildman–Crippen MR) is 85.0 cm³/mol. The molecule has 0 amide bonds. The van der Waals surface area contributed by atoms with Crippen molar-refractivity contribution in [1.82, 2.24) is 5.32 Å². The number of hydrogen-bond acceptors (Lipinski definition) is 3. The van der Waals surface area contributed by atoms with Crippen LogP contribution in [0.3, 0.4) is 0 Å². The van der Waals surface area contributed by atoms with E-state index in [2.05, 4.69) is 39.4 Å². The van der Waals surface area contributed by atoms with Gasteiger partial charge in [-0.1, -0.05) is 34.1 Å². The van der Waals surface area contributed by atoms with E-state index in [4.69, 9.17) is 5.11 Å². The van der Waals surface area contributed by atoms with Crippen LogP contribution in [-0.2, 0) is 11.3 Å². The summed E-state index contributed by atoms with van der Waals surface area (Å²) in [4.78, 5) is 12.0. The highest BCUT2D eigenvalue weighted by Crippen LogP contribution is 2.23. The molecule has 0 aliphatic heterocycles. The molecule has 3 nitrogen and oxygen atoms in total. The monoisotopic (exact) mass is 353 g/mol. The van der Waals surface area contributed by atoms with Gasteiger partial charge in [0.05, 0.1) is 12.5 Å². The van der Waals surface area contributed by atoms with Crippen LogP contribution in [0.25, 0.3) is 0 Å². The van der Waals surface area contributed by atoms with E-state index in [1.807, 2.05) is 24.4 Å². The van der Waals surface area contributed by atoms with Crippen molar-refractivity contribution in [3.8, 4) is 0 Å². The third-order valence-electron chi connectivity index (χ3n) is 3.05. The predicted octanol–water partition coefficient (Wildman–Crippen LogP) is 4.12. The summed E-state index contributed by atoms with van der Waals surface area (Å²) in [6.45, 7) is 2.69. The fourth-order valence-electron chi connectivity index (χ4n) is 1.92. The maximum absolute atomic E-state index is 11.0. The summed E-state index contributed by atoms with van der Waals surface area (Å²) in [5.74, 6) is -0.791. The number of hydrogen-bond donors (Lipinski definition) is 2. The second-order valence-electron chi connectivity index (χ2n) is 4.63. The Morgan fingerprint density at radius 1 is 1.45 bits per heavy atom. The highest BCUT2D eigenvalue weighted by Gasteiger charge is 2.16. The van der Waals surface area contributed by atoms with E-state index in [9.17, 15) is 4.79 Å². The van der Waals surface area contributed by atoms with Crippen molar-refractivity contribution in [2.75, 3.05) is 0 Å². The van der Waals surface area contributed by atoms with E-state index in [0.717, 1.165) is 14.9 Å². The van der Waals surface area contributed by atoms with Crippen LogP contribution in [0.4, 0.5) is 0 Å². The van der Waals surface area contributed by atoms with Crippen LogP contribution in [0.1, 0.15) is 28.5 Å².